The molecule has 0 radical (unpaired) electrons. The normalized spacial score (nSPS) is 10.9. The van der Waals surface area contributed by atoms with Crippen LogP contribution in [0.5, 0.6) is 0 Å². The van der Waals surface area contributed by atoms with E-state index < -0.39 is 0 Å². The zero-order valence-corrected chi connectivity index (χ0v) is 9.10. The average Bonchev–Trinajstić information content (AvgIpc) is 2.08. The van der Waals surface area contributed by atoms with Gasteiger partial charge in [0.05, 0.1) is 0 Å². The second-order valence-electron chi connectivity index (χ2n) is 3.93. The molecule has 1 aromatic carbocycles. The minimum atomic E-state index is -0.150. The summed E-state index contributed by atoms with van der Waals surface area (Å²) in [6.45, 7) is 7.15. The van der Waals surface area contributed by atoms with E-state index in [1.165, 1.54) is 11.6 Å². The van der Waals surface area contributed by atoms with Gasteiger partial charge in [-0.3, -0.25) is 0 Å². The van der Waals surface area contributed by atoms with Crippen LogP contribution in [0.25, 0.3) is 0 Å². The Morgan fingerprint density at radius 2 is 2.07 bits per heavy atom. The summed E-state index contributed by atoms with van der Waals surface area (Å²) < 4.78 is 12.8. The molecule has 1 rings (SSSR count). The maximum Gasteiger partial charge on any atom is 0.123 e. The van der Waals surface area contributed by atoms with E-state index in [-0.39, 0.29) is 5.82 Å². The van der Waals surface area contributed by atoms with Crippen LogP contribution in [0.15, 0.2) is 18.2 Å². The van der Waals surface area contributed by atoms with Crippen LogP contribution in [0.3, 0.4) is 0 Å². The van der Waals surface area contributed by atoms with E-state index >= 15 is 0 Å². The Morgan fingerprint density at radius 3 is 2.64 bits per heavy atom. The molecule has 1 aromatic rings. The van der Waals surface area contributed by atoms with Crippen LogP contribution < -0.4 is 5.32 Å². The monoisotopic (exact) mass is 195 g/mol. The summed E-state index contributed by atoms with van der Waals surface area (Å²) in [7, 11) is 0. The van der Waals surface area contributed by atoms with Crippen LogP contribution in [0.2, 0.25) is 0 Å². The van der Waals surface area contributed by atoms with Gasteiger partial charge in [0.15, 0.2) is 0 Å². The molecule has 0 fully saturated rings. The first-order valence-electron chi connectivity index (χ1n) is 5.08. The smallest absolute Gasteiger partial charge is 0.123 e. The Balaban J connectivity index is 2.51. The molecule has 0 amide bonds. The molecule has 0 heterocycles. The highest BCUT2D eigenvalue weighted by Crippen LogP contribution is 2.10. The van der Waals surface area contributed by atoms with E-state index in [1.807, 2.05) is 13.0 Å². The fourth-order valence-electron chi connectivity index (χ4n) is 1.44. The third-order valence-corrected chi connectivity index (χ3v) is 2.25. The standard InChI is InChI=1S/C12H18FN/c1-9(2)14-7-6-11-4-5-12(13)8-10(11)3/h4-5,8-9,14H,6-7H2,1-3H3. The highest BCUT2D eigenvalue weighted by molar-refractivity contribution is 5.26. The number of hydrogen-bond donors (Lipinski definition) is 1. The molecule has 2 heteroatoms. The third-order valence-electron chi connectivity index (χ3n) is 2.25. The van der Waals surface area contributed by atoms with E-state index in [9.17, 15) is 4.39 Å². The van der Waals surface area contributed by atoms with Crippen LogP contribution >= 0.6 is 0 Å². The second kappa shape index (κ2) is 5.11. The predicted molar refractivity (Wildman–Crippen MR) is 58.0 cm³/mol. The lowest BCUT2D eigenvalue weighted by Crippen LogP contribution is -2.25. The van der Waals surface area contributed by atoms with Gasteiger partial charge in [-0.2, -0.15) is 0 Å². The largest absolute Gasteiger partial charge is 0.314 e. The summed E-state index contributed by atoms with van der Waals surface area (Å²) in [4.78, 5) is 0. The fraction of sp³-hybridized carbons (Fsp3) is 0.500. The number of halogens is 1. The summed E-state index contributed by atoms with van der Waals surface area (Å²) in [5.41, 5.74) is 2.26. The average molecular weight is 195 g/mol. The van der Waals surface area contributed by atoms with Crippen LogP contribution in [0.4, 0.5) is 4.39 Å². The number of benzene rings is 1. The SMILES string of the molecule is Cc1cc(F)ccc1CCNC(C)C. The van der Waals surface area contributed by atoms with Crippen LogP contribution in [0.1, 0.15) is 25.0 Å². The Hall–Kier alpha value is -0.890. The fourth-order valence-corrected chi connectivity index (χ4v) is 1.44. The van der Waals surface area contributed by atoms with Gasteiger partial charge in [0.1, 0.15) is 5.82 Å². The molecule has 0 bridgehead atoms. The van der Waals surface area contributed by atoms with Crippen molar-refractivity contribution < 1.29 is 4.39 Å². The molecule has 0 aliphatic heterocycles. The van der Waals surface area contributed by atoms with Crippen molar-refractivity contribution in [3.8, 4) is 0 Å². The van der Waals surface area contributed by atoms with Gasteiger partial charge >= 0.3 is 0 Å². The zero-order chi connectivity index (χ0) is 10.6. The Labute approximate surface area is 85.3 Å². The second-order valence-corrected chi connectivity index (χ2v) is 3.93. The van der Waals surface area contributed by atoms with Crippen molar-refractivity contribution in [2.75, 3.05) is 6.54 Å². The van der Waals surface area contributed by atoms with Gasteiger partial charge in [0.2, 0.25) is 0 Å². The number of nitrogens with one attached hydrogen (secondary N) is 1. The van der Waals surface area contributed by atoms with Crippen LogP contribution in [0, 0.1) is 12.7 Å². The van der Waals surface area contributed by atoms with Gasteiger partial charge in [0.25, 0.3) is 0 Å². The summed E-state index contributed by atoms with van der Waals surface area (Å²) in [5, 5.41) is 3.34. The minimum Gasteiger partial charge on any atom is -0.314 e. The molecule has 0 atom stereocenters. The molecule has 0 aliphatic carbocycles. The molecular formula is C12H18FN. The van der Waals surface area contributed by atoms with Crippen molar-refractivity contribution in [2.24, 2.45) is 0 Å². The Morgan fingerprint density at radius 1 is 1.36 bits per heavy atom. The molecule has 0 spiro atoms. The van der Waals surface area contributed by atoms with E-state index in [0.717, 1.165) is 18.5 Å². The van der Waals surface area contributed by atoms with Crippen molar-refractivity contribution in [2.45, 2.75) is 33.2 Å². The zero-order valence-electron chi connectivity index (χ0n) is 9.10. The van der Waals surface area contributed by atoms with E-state index in [2.05, 4.69) is 19.2 Å². The molecule has 78 valence electrons. The van der Waals surface area contributed by atoms with E-state index in [1.54, 1.807) is 6.07 Å². The van der Waals surface area contributed by atoms with Crippen molar-refractivity contribution in [3.63, 3.8) is 0 Å². The van der Waals surface area contributed by atoms with Crippen LogP contribution in [-0.4, -0.2) is 12.6 Å². The van der Waals surface area contributed by atoms with E-state index in [4.69, 9.17) is 0 Å². The lowest BCUT2D eigenvalue weighted by atomic mass is 10.1. The molecule has 0 saturated heterocycles. The van der Waals surface area contributed by atoms with E-state index in [0.29, 0.717) is 6.04 Å². The highest BCUT2D eigenvalue weighted by Gasteiger charge is 2.00. The number of rotatable bonds is 4. The molecule has 14 heavy (non-hydrogen) atoms. The first-order valence-corrected chi connectivity index (χ1v) is 5.08. The molecule has 0 aliphatic rings. The van der Waals surface area contributed by atoms with Gasteiger partial charge < -0.3 is 5.32 Å². The van der Waals surface area contributed by atoms with Crippen molar-refractivity contribution in [3.05, 3.63) is 35.1 Å². The molecule has 0 saturated carbocycles. The van der Waals surface area contributed by atoms with Gasteiger partial charge in [-0.25, -0.2) is 4.39 Å². The highest BCUT2D eigenvalue weighted by atomic mass is 19.1. The van der Waals surface area contributed by atoms with Gasteiger partial charge in [-0.1, -0.05) is 19.9 Å². The van der Waals surface area contributed by atoms with Gasteiger partial charge in [-0.15, -0.1) is 0 Å². The van der Waals surface area contributed by atoms with Gasteiger partial charge in [-0.05, 0) is 43.1 Å². The summed E-state index contributed by atoms with van der Waals surface area (Å²) in [5.74, 6) is -0.150. The third kappa shape index (κ3) is 3.46. The maximum atomic E-state index is 12.8. The summed E-state index contributed by atoms with van der Waals surface area (Å²) in [6.07, 6.45) is 0.963. The minimum absolute atomic E-state index is 0.150. The first kappa shape index (κ1) is 11.2. The Bertz CT molecular complexity index is 294. The predicted octanol–water partition coefficient (Wildman–Crippen LogP) is 2.67. The van der Waals surface area contributed by atoms with Gasteiger partial charge in [0, 0.05) is 6.04 Å². The molecule has 0 aromatic heterocycles. The molecule has 1 N–H and O–H groups in total. The lowest BCUT2D eigenvalue weighted by molar-refractivity contribution is 0.588. The first-order chi connectivity index (χ1) is 6.59. The van der Waals surface area contributed by atoms with Crippen molar-refractivity contribution >= 4 is 0 Å². The van der Waals surface area contributed by atoms with Crippen LogP contribution in [-0.2, 0) is 6.42 Å². The molecule has 0 unspecified atom stereocenters. The molecular weight excluding hydrogens is 177 g/mol. The van der Waals surface area contributed by atoms with Crippen molar-refractivity contribution in [1.82, 2.24) is 5.32 Å². The quantitative estimate of drug-likeness (QED) is 0.779. The summed E-state index contributed by atoms with van der Waals surface area (Å²) in [6, 6.07) is 5.49. The topological polar surface area (TPSA) is 12.0 Å². The summed E-state index contributed by atoms with van der Waals surface area (Å²) >= 11 is 0. The Kier molecular flexibility index (Phi) is 4.08. The van der Waals surface area contributed by atoms with Crippen molar-refractivity contribution in [1.29, 1.82) is 0 Å². The molecule has 1 nitrogen and oxygen atoms in total. The number of aryl methyl sites for hydroxylation is 1. The lowest BCUT2D eigenvalue weighted by Gasteiger charge is -2.09. The maximum absolute atomic E-state index is 12.8. The number of hydrogen-bond acceptors (Lipinski definition) is 1.